The van der Waals surface area contributed by atoms with Crippen LogP contribution in [-0.2, 0) is 23.1 Å². The largest absolute Gasteiger partial charge is 0.489 e. The molecule has 31 heavy (non-hydrogen) atoms. The van der Waals surface area contributed by atoms with Gasteiger partial charge in [0.2, 0.25) is 0 Å². The number of amides is 1. The van der Waals surface area contributed by atoms with Crippen LogP contribution in [0, 0.1) is 11.8 Å². The molecule has 2 aromatic heterocycles. The highest BCUT2D eigenvalue weighted by molar-refractivity contribution is 5.70. The van der Waals surface area contributed by atoms with Crippen LogP contribution in [0.5, 0.6) is 5.75 Å². The Morgan fingerprint density at radius 2 is 2.10 bits per heavy atom. The highest BCUT2D eigenvalue weighted by Gasteiger charge is 2.28. The molecule has 0 spiro atoms. The van der Waals surface area contributed by atoms with Crippen LogP contribution in [-0.4, -0.2) is 44.6 Å². The second-order valence-electron chi connectivity index (χ2n) is 8.30. The number of nitrogens with one attached hydrogen (secondary N) is 1. The number of carboxylic acids is 1. The molecular formula is C22H30N4O5. The smallest absolute Gasteiger partial charge is 0.407 e. The minimum absolute atomic E-state index is 0.113. The minimum Gasteiger partial charge on any atom is -0.489 e. The van der Waals surface area contributed by atoms with Crippen molar-refractivity contribution < 1.29 is 24.2 Å². The molecule has 1 unspecified atom stereocenters. The molecule has 0 aromatic carbocycles. The van der Waals surface area contributed by atoms with Crippen molar-refractivity contribution in [1.82, 2.24) is 20.1 Å². The van der Waals surface area contributed by atoms with Crippen molar-refractivity contribution in [3.05, 3.63) is 30.2 Å². The quantitative estimate of drug-likeness (QED) is 0.659. The first kappa shape index (κ1) is 22.6. The van der Waals surface area contributed by atoms with E-state index in [1.54, 1.807) is 24.1 Å². The van der Waals surface area contributed by atoms with Gasteiger partial charge in [0.15, 0.2) is 0 Å². The fourth-order valence-electron chi connectivity index (χ4n) is 3.61. The van der Waals surface area contributed by atoms with Crippen molar-refractivity contribution in [2.75, 3.05) is 6.61 Å². The SMILES string of the molecule is CC(C)COC(=O)NCc1c(-c2ccc(O[C@H]3CCCC(C(=O)O)C3)cn2)cnn1C. The number of aliphatic carboxylic acids is 1. The Morgan fingerprint density at radius 3 is 2.77 bits per heavy atom. The number of carboxylic acid groups (broad SMARTS) is 1. The van der Waals surface area contributed by atoms with Gasteiger partial charge < -0.3 is 19.9 Å². The molecular weight excluding hydrogens is 400 g/mol. The third kappa shape index (κ3) is 6.19. The number of carbonyl (C=O) groups excluding carboxylic acids is 1. The van der Waals surface area contributed by atoms with Gasteiger partial charge in [-0.2, -0.15) is 5.10 Å². The molecule has 2 heterocycles. The number of pyridine rings is 1. The molecule has 0 aliphatic heterocycles. The summed E-state index contributed by atoms with van der Waals surface area (Å²) < 4.78 is 12.8. The summed E-state index contributed by atoms with van der Waals surface area (Å²) in [6.45, 7) is 4.58. The number of alkyl carbamates (subject to hydrolysis) is 1. The Labute approximate surface area is 181 Å². The molecule has 168 valence electrons. The Balaban J connectivity index is 1.62. The van der Waals surface area contributed by atoms with Gasteiger partial charge in [-0.05, 0) is 43.7 Å². The maximum Gasteiger partial charge on any atom is 0.407 e. The van der Waals surface area contributed by atoms with Gasteiger partial charge >= 0.3 is 12.1 Å². The number of carbonyl (C=O) groups is 2. The number of hydrogen-bond acceptors (Lipinski definition) is 6. The topological polar surface area (TPSA) is 116 Å². The van der Waals surface area contributed by atoms with E-state index in [9.17, 15) is 14.7 Å². The van der Waals surface area contributed by atoms with E-state index in [1.807, 2.05) is 26.0 Å². The molecule has 0 bridgehead atoms. The predicted octanol–water partition coefficient (Wildman–Crippen LogP) is 3.39. The van der Waals surface area contributed by atoms with Crippen molar-refractivity contribution >= 4 is 12.1 Å². The molecule has 9 heteroatoms. The zero-order chi connectivity index (χ0) is 22.4. The lowest BCUT2D eigenvalue weighted by Gasteiger charge is -2.27. The van der Waals surface area contributed by atoms with Crippen LogP contribution in [0.3, 0.4) is 0 Å². The maximum absolute atomic E-state index is 11.9. The zero-order valence-electron chi connectivity index (χ0n) is 18.2. The number of aromatic nitrogens is 3. The van der Waals surface area contributed by atoms with Gasteiger partial charge in [-0.3, -0.25) is 14.5 Å². The number of rotatable bonds is 8. The van der Waals surface area contributed by atoms with E-state index in [2.05, 4.69) is 15.4 Å². The molecule has 0 saturated heterocycles. The van der Waals surface area contributed by atoms with Gasteiger partial charge in [-0.1, -0.05) is 13.8 Å². The van der Waals surface area contributed by atoms with E-state index in [4.69, 9.17) is 9.47 Å². The highest BCUT2D eigenvalue weighted by atomic mass is 16.5. The lowest BCUT2D eigenvalue weighted by molar-refractivity contribution is -0.143. The second kappa shape index (κ2) is 10.3. The standard InChI is InChI=1S/C22H30N4O5/c1-14(2)13-30-22(29)24-12-20-18(11-25-26(20)3)19-8-7-17(10-23-19)31-16-6-4-5-15(9-16)21(27)28/h7-8,10-11,14-16H,4-6,9,12-13H2,1-3H3,(H,24,29)(H,27,28)/t15?,16-/m0/s1. The van der Waals surface area contributed by atoms with E-state index >= 15 is 0 Å². The molecule has 2 N–H and O–H groups in total. The Morgan fingerprint density at radius 1 is 1.29 bits per heavy atom. The average molecular weight is 431 g/mol. The van der Waals surface area contributed by atoms with Gasteiger partial charge in [0.05, 0.1) is 49.0 Å². The normalized spacial score (nSPS) is 18.6. The van der Waals surface area contributed by atoms with Crippen LogP contribution >= 0.6 is 0 Å². The van der Waals surface area contributed by atoms with E-state index in [1.165, 1.54) is 0 Å². The number of nitrogens with zero attached hydrogens (tertiary/aromatic N) is 3. The molecule has 1 saturated carbocycles. The summed E-state index contributed by atoms with van der Waals surface area (Å²) in [5, 5.41) is 16.3. The first-order valence-electron chi connectivity index (χ1n) is 10.6. The fraction of sp³-hybridized carbons (Fsp3) is 0.545. The van der Waals surface area contributed by atoms with Crippen molar-refractivity contribution in [2.45, 2.75) is 52.2 Å². The van der Waals surface area contributed by atoms with Crippen LogP contribution in [0.25, 0.3) is 11.3 Å². The summed E-state index contributed by atoms with van der Waals surface area (Å²) in [7, 11) is 1.80. The Kier molecular flexibility index (Phi) is 7.49. The number of ether oxygens (including phenoxy) is 2. The van der Waals surface area contributed by atoms with E-state index in [-0.39, 0.29) is 24.5 Å². The first-order chi connectivity index (χ1) is 14.8. The van der Waals surface area contributed by atoms with Gasteiger partial charge in [0.25, 0.3) is 0 Å². The van der Waals surface area contributed by atoms with Crippen LogP contribution in [0.15, 0.2) is 24.5 Å². The lowest BCUT2D eigenvalue weighted by Crippen LogP contribution is -2.29. The number of hydrogen-bond donors (Lipinski definition) is 2. The summed E-state index contributed by atoms with van der Waals surface area (Å²) in [4.78, 5) is 27.6. The summed E-state index contributed by atoms with van der Waals surface area (Å²) in [5.74, 6) is -0.219. The second-order valence-corrected chi connectivity index (χ2v) is 8.30. The average Bonchev–Trinajstić information content (AvgIpc) is 3.11. The third-order valence-corrected chi connectivity index (χ3v) is 5.30. The van der Waals surface area contributed by atoms with Crippen molar-refractivity contribution in [3.63, 3.8) is 0 Å². The first-order valence-corrected chi connectivity index (χ1v) is 10.6. The molecule has 1 aliphatic rings. The Hall–Kier alpha value is -3.10. The van der Waals surface area contributed by atoms with Crippen LogP contribution in [0.2, 0.25) is 0 Å². The van der Waals surface area contributed by atoms with Crippen molar-refractivity contribution in [1.29, 1.82) is 0 Å². The van der Waals surface area contributed by atoms with Gasteiger partial charge in [-0.15, -0.1) is 0 Å². The fourth-order valence-corrected chi connectivity index (χ4v) is 3.61. The molecule has 2 atom stereocenters. The van der Waals surface area contributed by atoms with Gasteiger partial charge in [0, 0.05) is 12.6 Å². The molecule has 2 aromatic rings. The highest BCUT2D eigenvalue weighted by Crippen LogP contribution is 2.29. The molecule has 1 fully saturated rings. The van der Waals surface area contributed by atoms with Crippen molar-refractivity contribution in [2.24, 2.45) is 18.9 Å². The van der Waals surface area contributed by atoms with Crippen molar-refractivity contribution in [3.8, 4) is 17.0 Å². The van der Waals surface area contributed by atoms with Crippen LogP contribution < -0.4 is 10.1 Å². The van der Waals surface area contributed by atoms with E-state index in [0.717, 1.165) is 24.1 Å². The lowest BCUT2D eigenvalue weighted by atomic mass is 9.87. The monoisotopic (exact) mass is 430 g/mol. The predicted molar refractivity (Wildman–Crippen MR) is 113 cm³/mol. The minimum atomic E-state index is -0.757. The van der Waals surface area contributed by atoms with E-state index in [0.29, 0.717) is 30.9 Å². The summed E-state index contributed by atoms with van der Waals surface area (Å²) in [6, 6.07) is 3.66. The Bertz CT molecular complexity index is 894. The van der Waals surface area contributed by atoms with Gasteiger partial charge in [-0.25, -0.2) is 4.79 Å². The van der Waals surface area contributed by atoms with Crippen LogP contribution in [0.1, 0.15) is 45.2 Å². The molecule has 9 nitrogen and oxygen atoms in total. The van der Waals surface area contributed by atoms with Gasteiger partial charge in [0.1, 0.15) is 5.75 Å². The maximum atomic E-state index is 11.9. The zero-order valence-corrected chi connectivity index (χ0v) is 18.2. The third-order valence-electron chi connectivity index (χ3n) is 5.30. The molecule has 0 radical (unpaired) electrons. The summed E-state index contributed by atoms with van der Waals surface area (Å²) >= 11 is 0. The summed E-state index contributed by atoms with van der Waals surface area (Å²) in [6.07, 6.45) is 5.67. The number of aryl methyl sites for hydroxylation is 1. The summed E-state index contributed by atoms with van der Waals surface area (Å²) in [5.41, 5.74) is 2.32. The van der Waals surface area contributed by atoms with E-state index < -0.39 is 12.1 Å². The van der Waals surface area contributed by atoms with Crippen LogP contribution in [0.4, 0.5) is 4.79 Å². The molecule has 1 amide bonds. The molecule has 3 rings (SSSR count). The molecule has 1 aliphatic carbocycles.